The number of hydrogen-bond acceptors (Lipinski definition) is 27. The van der Waals surface area contributed by atoms with Crippen LogP contribution >= 0.6 is 126 Å². The van der Waals surface area contributed by atoms with Crippen LogP contribution in [0.25, 0.3) is 0 Å². The van der Waals surface area contributed by atoms with Crippen molar-refractivity contribution < 1.29 is 139 Å². The van der Waals surface area contributed by atoms with Gasteiger partial charge in [-0.15, -0.1) is 95.9 Å². The first-order valence-electron chi connectivity index (χ1n) is 40.7. The fourth-order valence-corrected chi connectivity index (χ4v) is 14.7. The number of carbonyl (C=O) groups excluding carboxylic acids is 7. The molecule has 0 bridgehead atoms. The number of aldehydes is 1. The number of fused-ring (bicyclic) bond motifs is 3. The van der Waals surface area contributed by atoms with E-state index in [0.717, 1.165) is 62.3 Å². The third-order valence-corrected chi connectivity index (χ3v) is 21.8. The second kappa shape index (κ2) is 66.4. The number of nitrogen functional groups attached to an aromatic ring is 1. The minimum atomic E-state index is -1.56. The molecule has 9 aromatic rings. The Labute approximate surface area is 849 Å². The van der Waals surface area contributed by atoms with E-state index < -0.39 is 99.2 Å². The van der Waals surface area contributed by atoms with Gasteiger partial charge in [-0.1, -0.05) is 97.1 Å². The van der Waals surface area contributed by atoms with Crippen LogP contribution in [0.3, 0.4) is 0 Å². The Morgan fingerprint density at radius 2 is 0.908 bits per heavy atom. The molecule has 1 fully saturated rings. The standard InChI is InChI=1S/C22H26N2O4S.C20H24N2O3S.C16H15NO3S.C11H12O4.C8H8O2.C6H7NS.C4H10ClN.C3H5ClO2.CH3O.5ClH.Fe.Na/c1-15(25)28-20-21(16-9-11-17(27-4)12-10-16)29-19-8-6-5-7-18(19)24(22(20)26)14-13-23(2)3;1-21(2)12-13-22-16-6-4-5-7-17(16)26-19(18(23)20(22)24)14-8-10-15(25-3)11-9-14;1-20-11-8-6-10(7-9-11)15-14(18)16(19)17-12-4-2-3-5-13(12)21-15;1-13-8-5-3-7(4-6-8)9-10(15-9)11(12)14-2;1-10-8-4-2-7(6-9)3-5-8;7-5-3-1-2-4-6(5)8;1-6(2)4-3-5;1-6-3(5)2-4;1-2;;;;;;;/h5-12,20-21H,13-14H2,1-4H3;4-11,18-19,23H,12-13H2,1-3H3;2-9,14-15,18H,1H3,(H,17,19);3-6,9-10H,1-2H3;2-6H,1H3;1-4,8H,7H2;3-4H2,1-2H3;2H2,1H3;1H3;5*1H;;/q;;;;;;;;-1;;;;;;+3;+1/p-3/i21D;19D;15D;9D;6D;;;;;;;;;;;. The van der Waals surface area contributed by atoms with Gasteiger partial charge in [-0.05, 0) is 186 Å². The van der Waals surface area contributed by atoms with E-state index >= 15 is 0 Å². The van der Waals surface area contributed by atoms with Crippen molar-refractivity contribution in [2.24, 2.45) is 0 Å². The van der Waals surface area contributed by atoms with E-state index in [1.165, 1.54) is 44.7 Å². The van der Waals surface area contributed by atoms with Crippen LogP contribution < -0.4 is 79.2 Å². The first-order valence-corrected chi connectivity index (χ1v) is 46.7. The number of nitrogens with zero attached hydrogens (tertiary/aromatic N) is 5. The number of thioether (sulfide) groups is 3. The first-order chi connectivity index (χ1) is 62.6. The number of likely N-dealkylation sites (N-methyl/N-ethyl adjacent to an activating group) is 2. The van der Waals surface area contributed by atoms with Crippen molar-refractivity contribution in [2.45, 2.75) is 72.7 Å². The quantitative estimate of drug-likeness (QED) is 0.00652. The van der Waals surface area contributed by atoms with Gasteiger partial charge in [0.15, 0.2) is 12.2 Å². The molecular weight excluding hydrogens is 1950 g/mol. The summed E-state index contributed by atoms with van der Waals surface area (Å²) in [5.41, 5.74) is 10.9. The summed E-state index contributed by atoms with van der Waals surface area (Å²) >= 11 is 16.6. The number of nitrogens with one attached hydrogen (secondary N) is 1. The summed E-state index contributed by atoms with van der Waals surface area (Å²) in [4.78, 5) is 94.7. The van der Waals surface area contributed by atoms with Crippen molar-refractivity contribution in [1.29, 1.82) is 0 Å². The summed E-state index contributed by atoms with van der Waals surface area (Å²) in [6, 6.07) is 63.7. The van der Waals surface area contributed by atoms with Gasteiger partial charge in [0, 0.05) is 76.4 Å². The van der Waals surface area contributed by atoms with Gasteiger partial charge in [0.1, 0.15) is 60.5 Å². The zero-order valence-corrected chi connectivity index (χ0v) is 86.3. The SMILES string of the molecule is CN(C)CCCl.COC(=O)CCl.C[O-].Cl.Cl.Nc1ccccc1S.[2H]C(=O)c1ccc(OC)cc1.[2H]C1(c2ccc(OC)cc2)OC1C(=O)OC.[2H]C1(c2ccc(OC)cc2)Sc2ccccc2N(CCN(C)C)C(=O)C1O.[2H]C1(c2ccc(OC)cc2)Sc2ccccc2N(CCN(C)C)C(=O)C1OC(C)=O.[2H]C1(c2ccc(OC)cc2)Sc2ccccc2NC(=O)C1O.[Cl][Fe]([Cl])[Cl].[Na+]. The first kappa shape index (κ1) is 112. The van der Waals surface area contributed by atoms with E-state index in [2.05, 4.69) is 27.4 Å². The minimum absolute atomic E-state index is 0. The summed E-state index contributed by atoms with van der Waals surface area (Å²) in [5.74, 6) is 1.06. The molecule has 4 aliphatic rings. The number of methoxy groups -OCH3 is 7. The third-order valence-electron chi connectivity index (χ3n) is 17.3. The number of anilines is 4. The van der Waals surface area contributed by atoms with Crippen molar-refractivity contribution >= 4 is 191 Å². The fraction of sp³-hybridized carbons (Fsp3) is 0.330. The predicted molar refractivity (Wildman–Crippen MR) is 521 cm³/mol. The van der Waals surface area contributed by atoms with Gasteiger partial charge in [-0.3, -0.25) is 28.8 Å². The second-order valence-corrected chi connectivity index (χ2v) is 36.6. The number of ether oxygens (including phenoxy) is 9. The fourth-order valence-electron chi connectivity index (χ4n) is 10.7. The van der Waals surface area contributed by atoms with Crippen molar-refractivity contribution in [1.82, 2.24) is 14.7 Å². The minimum Gasteiger partial charge on any atom is 1.00 e. The van der Waals surface area contributed by atoms with E-state index in [1.807, 2.05) is 142 Å². The largest absolute Gasteiger partial charge is 1.00 e. The van der Waals surface area contributed by atoms with Crippen LogP contribution in [0.4, 0.5) is 22.7 Å². The van der Waals surface area contributed by atoms with Crippen molar-refractivity contribution in [2.75, 3.05) is 164 Å². The van der Waals surface area contributed by atoms with Crippen LogP contribution in [0.15, 0.2) is 238 Å². The molecule has 3 amide bonds. The zero-order valence-electron chi connectivity index (χ0n) is 79.4. The number of amides is 3. The number of hydrogen-bond donors (Lipinski definition) is 5. The van der Waals surface area contributed by atoms with Gasteiger partial charge in [0.05, 0.1) is 88.0 Å². The Kier molecular flexibility index (Phi) is 57.0. The average molecular weight is 2070 g/mol. The molecule has 1 saturated heterocycles. The van der Waals surface area contributed by atoms with E-state index in [0.29, 0.717) is 94.1 Å². The van der Waals surface area contributed by atoms with E-state index in [-0.39, 0.29) is 60.3 Å². The number of thiol groups is 1. The summed E-state index contributed by atoms with van der Waals surface area (Å²) in [6.45, 7) is 4.38. The third kappa shape index (κ3) is 41.8. The molecule has 26 nitrogen and oxygen atoms in total. The van der Waals surface area contributed by atoms with Gasteiger partial charge in [-0.25, -0.2) is 4.79 Å². The summed E-state index contributed by atoms with van der Waals surface area (Å²) in [7, 11) is 37.5. The van der Waals surface area contributed by atoms with Crippen molar-refractivity contribution in [3.8, 4) is 28.7 Å². The number of aliphatic hydroxyl groups is 2. The van der Waals surface area contributed by atoms with E-state index in [1.54, 1.807) is 179 Å². The molecule has 0 aliphatic carbocycles. The van der Waals surface area contributed by atoms with Gasteiger partial charge in [-0.2, -0.15) is 7.11 Å². The predicted octanol–water partition coefficient (Wildman–Crippen LogP) is 13.5. The monoisotopic (exact) mass is 2060 g/mol. The zero-order chi connectivity index (χ0) is 98.8. The molecule has 707 valence electrons. The molecular formula is C91H112Cl7FeN7NaO19S4. The van der Waals surface area contributed by atoms with Gasteiger partial charge >= 0.3 is 88.9 Å². The Morgan fingerprint density at radius 3 is 1.26 bits per heavy atom. The Bertz CT molecular complexity index is 5090. The number of halogens is 7. The number of esters is 3. The molecule has 4 aliphatic heterocycles. The number of epoxide rings is 1. The van der Waals surface area contributed by atoms with Gasteiger partial charge in [0.25, 0.3) is 17.7 Å². The number of nitrogens with two attached hydrogens (primary N) is 1. The molecule has 13 rings (SSSR count). The summed E-state index contributed by atoms with van der Waals surface area (Å²) in [5, 5.41) is 27.6. The van der Waals surface area contributed by atoms with Crippen LogP contribution in [0.5, 0.6) is 28.7 Å². The van der Waals surface area contributed by atoms with Crippen LogP contribution in [-0.4, -0.2) is 235 Å². The molecule has 0 saturated carbocycles. The van der Waals surface area contributed by atoms with Crippen molar-refractivity contribution in [3.05, 3.63) is 246 Å². The molecule has 5 N–H and O–H groups in total. The Balaban J connectivity index is 0.000000802. The maximum absolute atomic E-state index is 13.6. The topological polar surface area (TPSA) is 324 Å². The van der Waals surface area contributed by atoms with Crippen molar-refractivity contribution in [3.63, 3.8) is 0 Å². The molecule has 4 heterocycles. The summed E-state index contributed by atoms with van der Waals surface area (Å²) < 4.78 is 86.4. The van der Waals surface area contributed by atoms with E-state index in [4.69, 9.17) is 103 Å². The Morgan fingerprint density at radius 1 is 0.546 bits per heavy atom. The smallest absolute Gasteiger partial charge is 1.00 e. The molecule has 130 heavy (non-hydrogen) atoms. The van der Waals surface area contributed by atoms with Gasteiger partial charge in [0.2, 0.25) is 0 Å². The molecule has 9 aromatic carbocycles. The number of rotatable bonds is 21. The maximum Gasteiger partial charge on any atom is 1.00 e. The molecule has 39 heteroatoms. The van der Waals surface area contributed by atoms with Crippen LogP contribution in [0.2, 0.25) is 0 Å². The van der Waals surface area contributed by atoms with Crippen LogP contribution in [0.1, 0.15) is 68.1 Å². The normalized spacial score (nSPS) is 19.6. The number of para-hydroxylation sites is 4. The number of alkyl halides is 2. The molecule has 8 unspecified atom stereocenters. The number of aliphatic hydroxyl groups excluding tert-OH is 2. The number of carbonyl (C=O) groups is 7. The second-order valence-electron chi connectivity index (χ2n) is 26.7. The average Bonchev–Trinajstić information content (AvgIpc) is 1.59. The summed E-state index contributed by atoms with van der Waals surface area (Å²) in [6.07, 6.45) is -7.09. The number of benzene rings is 9. The molecule has 0 aromatic heterocycles. The molecule has 8 atom stereocenters. The van der Waals surface area contributed by atoms with Crippen LogP contribution in [-0.2, 0) is 58.9 Å². The van der Waals surface area contributed by atoms with Gasteiger partial charge < -0.3 is 93.5 Å². The maximum atomic E-state index is 13.6. The Hall–Kier alpha value is -7.06. The molecule has 0 spiro atoms. The van der Waals surface area contributed by atoms with Crippen LogP contribution in [0, 0.1) is 0 Å². The molecule has 0 radical (unpaired) electrons. The van der Waals surface area contributed by atoms with E-state index in [9.17, 15) is 45.1 Å².